The Morgan fingerprint density at radius 3 is 2.56 bits per heavy atom. The van der Waals surface area contributed by atoms with Crippen LogP contribution in [-0.4, -0.2) is 44.2 Å². The van der Waals surface area contributed by atoms with Crippen LogP contribution in [0, 0.1) is 0 Å². The molecule has 12 heteroatoms. The van der Waals surface area contributed by atoms with E-state index in [0.717, 1.165) is 19.2 Å². The molecule has 1 atom stereocenters. The summed E-state index contributed by atoms with van der Waals surface area (Å²) < 4.78 is 65.8. The molecular weight excluding hydrogens is 471 g/mol. The van der Waals surface area contributed by atoms with Gasteiger partial charge < -0.3 is 10.2 Å². The summed E-state index contributed by atoms with van der Waals surface area (Å²) in [5.41, 5.74) is -0.500. The first-order chi connectivity index (χ1) is 14.8. The molecular formula is C20H19ClF3N3O4S. The van der Waals surface area contributed by atoms with Gasteiger partial charge in [0.1, 0.15) is 0 Å². The van der Waals surface area contributed by atoms with E-state index in [-0.39, 0.29) is 12.3 Å². The molecule has 0 saturated heterocycles. The van der Waals surface area contributed by atoms with Crippen molar-refractivity contribution in [3.8, 4) is 0 Å². The Balaban J connectivity index is 1.91. The van der Waals surface area contributed by atoms with E-state index in [2.05, 4.69) is 5.32 Å². The normalized spacial score (nSPS) is 17.0. The highest BCUT2D eigenvalue weighted by Gasteiger charge is 2.36. The Kier molecular flexibility index (Phi) is 6.55. The molecule has 172 valence electrons. The number of nitrogens with one attached hydrogen (secondary N) is 1. The van der Waals surface area contributed by atoms with Crippen LogP contribution < -0.4 is 10.2 Å². The van der Waals surface area contributed by atoms with Crippen molar-refractivity contribution in [2.45, 2.75) is 30.5 Å². The minimum Gasteiger partial charge on any atom is -0.324 e. The summed E-state index contributed by atoms with van der Waals surface area (Å²) in [6.07, 6.45) is -4.86. The monoisotopic (exact) mass is 489 g/mol. The van der Waals surface area contributed by atoms with Crippen LogP contribution in [0.1, 0.15) is 18.9 Å². The molecule has 0 spiro atoms. The maximum atomic E-state index is 13.1. The molecule has 0 radical (unpaired) electrons. The average Bonchev–Trinajstić information content (AvgIpc) is 2.81. The molecule has 0 bridgehead atoms. The number of hydrogen-bond donors (Lipinski definition) is 1. The van der Waals surface area contributed by atoms with Crippen molar-refractivity contribution in [1.29, 1.82) is 0 Å². The Morgan fingerprint density at radius 1 is 1.25 bits per heavy atom. The van der Waals surface area contributed by atoms with Gasteiger partial charge in [0.15, 0.2) is 0 Å². The van der Waals surface area contributed by atoms with Crippen LogP contribution in [0.3, 0.4) is 0 Å². The van der Waals surface area contributed by atoms with E-state index in [9.17, 15) is 31.2 Å². The van der Waals surface area contributed by atoms with E-state index in [4.69, 9.17) is 11.6 Å². The van der Waals surface area contributed by atoms with Gasteiger partial charge in [0, 0.05) is 19.5 Å². The van der Waals surface area contributed by atoms with E-state index in [1.807, 2.05) is 0 Å². The van der Waals surface area contributed by atoms with Crippen LogP contribution in [0.15, 0.2) is 47.4 Å². The van der Waals surface area contributed by atoms with E-state index >= 15 is 0 Å². The van der Waals surface area contributed by atoms with Crippen LogP contribution in [0.5, 0.6) is 0 Å². The number of carbonyl (C=O) groups excluding carboxylic acids is 2. The first-order valence-electron chi connectivity index (χ1n) is 9.36. The topological polar surface area (TPSA) is 86.8 Å². The van der Waals surface area contributed by atoms with Gasteiger partial charge in [-0.15, -0.1) is 0 Å². The molecule has 0 aromatic heterocycles. The maximum absolute atomic E-state index is 13.1. The largest absolute Gasteiger partial charge is 0.417 e. The summed E-state index contributed by atoms with van der Waals surface area (Å²) in [6.45, 7) is 0.988. The Bertz CT molecular complexity index is 1170. The third-order valence-corrected chi connectivity index (χ3v) is 7.07. The van der Waals surface area contributed by atoms with Gasteiger partial charge in [0.2, 0.25) is 21.8 Å². The molecule has 1 aliphatic heterocycles. The smallest absolute Gasteiger partial charge is 0.324 e. The second-order valence-corrected chi connectivity index (χ2v) is 9.73. The standard InChI is InChI=1S/C20H19ClF3N3O4S/c1-12-9-18(28)25-16-5-3-4-6-17(16)27(12)19(29)11-26(2)32(30,31)13-7-8-15(21)14(10-13)20(22,23)24/h3-8,10,12H,9,11H2,1-2H3,(H,25,28)/t12-/m0/s1. The predicted octanol–water partition coefficient (Wildman–Crippen LogP) is 3.74. The third-order valence-electron chi connectivity index (χ3n) is 4.94. The molecule has 1 N–H and O–H groups in total. The van der Waals surface area contributed by atoms with Crippen molar-refractivity contribution in [2.75, 3.05) is 23.8 Å². The van der Waals surface area contributed by atoms with Gasteiger partial charge in [-0.1, -0.05) is 23.7 Å². The fraction of sp³-hybridized carbons (Fsp3) is 0.300. The summed E-state index contributed by atoms with van der Waals surface area (Å²) in [5, 5.41) is 2.05. The Labute approximate surface area is 187 Å². The van der Waals surface area contributed by atoms with Gasteiger partial charge in [0.25, 0.3) is 0 Å². The number of carbonyl (C=O) groups is 2. The quantitative estimate of drug-likeness (QED) is 0.708. The number of nitrogens with zero attached hydrogens (tertiary/aromatic N) is 2. The number of para-hydroxylation sites is 2. The molecule has 0 fully saturated rings. The predicted molar refractivity (Wildman–Crippen MR) is 113 cm³/mol. The third kappa shape index (κ3) is 4.74. The highest BCUT2D eigenvalue weighted by atomic mass is 35.5. The van der Waals surface area contributed by atoms with Crippen molar-refractivity contribution < 1.29 is 31.2 Å². The van der Waals surface area contributed by atoms with Gasteiger partial charge in [0.05, 0.1) is 33.4 Å². The van der Waals surface area contributed by atoms with Crippen molar-refractivity contribution >= 4 is 44.8 Å². The molecule has 0 unspecified atom stereocenters. The van der Waals surface area contributed by atoms with Gasteiger partial charge >= 0.3 is 6.18 Å². The number of alkyl halides is 3. The van der Waals surface area contributed by atoms with Crippen LogP contribution in [-0.2, 0) is 25.8 Å². The molecule has 0 aliphatic carbocycles. The highest BCUT2D eigenvalue weighted by Crippen LogP contribution is 2.36. The second kappa shape index (κ2) is 8.72. The molecule has 2 aromatic rings. The SMILES string of the molecule is C[C@H]1CC(=O)Nc2ccccc2N1C(=O)CN(C)S(=O)(=O)c1ccc(Cl)c(C(F)(F)F)c1. The number of rotatable bonds is 4. The van der Waals surface area contributed by atoms with Crippen LogP contribution in [0.25, 0.3) is 0 Å². The summed E-state index contributed by atoms with van der Waals surface area (Å²) in [7, 11) is -3.35. The van der Waals surface area contributed by atoms with Gasteiger partial charge in [-0.3, -0.25) is 9.59 Å². The fourth-order valence-electron chi connectivity index (χ4n) is 3.38. The molecule has 1 aliphatic rings. The molecule has 0 saturated carbocycles. The summed E-state index contributed by atoms with van der Waals surface area (Å²) in [4.78, 5) is 25.8. The molecule has 3 rings (SSSR count). The number of sulfonamides is 1. The molecule has 2 aromatic carbocycles. The number of halogens is 4. The highest BCUT2D eigenvalue weighted by molar-refractivity contribution is 7.89. The number of likely N-dealkylation sites (N-methyl/N-ethyl adjacent to an activating group) is 1. The van der Waals surface area contributed by atoms with E-state index in [0.29, 0.717) is 21.7 Å². The first kappa shape index (κ1) is 24.0. The molecule has 7 nitrogen and oxygen atoms in total. The zero-order chi connectivity index (χ0) is 23.8. The van der Waals surface area contributed by atoms with E-state index < -0.39 is 50.2 Å². The summed E-state index contributed by atoms with van der Waals surface area (Å²) in [6, 6.07) is 8.21. The molecule has 32 heavy (non-hydrogen) atoms. The van der Waals surface area contributed by atoms with Gasteiger partial charge in [-0.25, -0.2) is 8.42 Å². The zero-order valence-corrected chi connectivity index (χ0v) is 18.6. The van der Waals surface area contributed by atoms with Crippen LogP contribution >= 0.6 is 11.6 Å². The molecule has 1 heterocycles. The van der Waals surface area contributed by atoms with Crippen LogP contribution in [0.4, 0.5) is 24.5 Å². The lowest BCUT2D eigenvalue weighted by atomic mass is 10.1. The Morgan fingerprint density at radius 2 is 1.91 bits per heavy atom. The van der Waals surface area contributed by atoms with Crippen LogP contribution in [0.2, 0.25) is 5.02 Å². The Hall–Kier alpha value is -2.63. The first-order valence-corrected chi connectivity index (χ1v) is 11.2. The van der Waals surface area contributed by atoms with Gasteiger partial charge in [-0.2, -0.15) is 17.5 Å². The minimum absolute atomic E-state index is 0.0109. The number of benzene rings is 2. The van der Waals surface area contributed by atoms with Crippen molar-refractivity contribution in [2.24, 2.45) is 0 Å². The fourth-order valence-corrected chi connectivity index (χ4v) is 4.75. The average molecular weight is 490 g/mol. The summed E-state index contributed by atoms with van der Waals surface area (Å²) in [5.74, 6) is -0.945. The number of hydrogen-bond acceptors (Lipinski definition) is 4. The lowest BCUT2D eigenvalue weighted by Gasteiger charge is -2.29. The number of anilines is 2. The van der Waals surface area contributed by atoms with Crippen molar-refractivity contribution in [3.63, 3.8) is 0 Å². The van der Waals surface area contributed by atoms with E-state index in [1.165, 1.54) is 4.90 Å². The number of amides is 2. The lowest BCUT2D eigenvalue weighted by Crippen LogP contribution is -2.45. The maximum Gasteiger partial charge on any atom is 0.417 e. The van der Waals surface area contributed by atoms with Crippen molar-refractivity contribution in [1.82, 2.24) is 4.31 Å². The number of fused-ring (bicyclic) bond motifs is 1. The second-order valence-electron chi connectivity index (χ2n) is 7.28. The molecule has 2 amide bonds. The summed E-state index contributed by atoms with van der Waals surface area (Å²) >= 11 is 5.56. The lowest BCUT2D eigenvalue weighted by molar-refractivity contribution is -0.137. The minimum atomic E-state index is -4.85. The van der Waals surface area contributed by atoms with E-state index in [1.54, 1.807) is 31.2 Å². The van der Waals surface area contributed by atoms with Crippen molar-refractivity contribution in [3.05, 3.63) is 53.1 Å². The zero-order valence-electron chi connectivity index (χ0n) is 17.0. The van der Waals surface area contributed by atoms with Gasteiger partial charge in [-0.05, 0) is 37.3 Å².